The molecule has 0 saturated carbocycles. The van der Waals surface area contributed by atoms with E-state index in [1.54, 1.807) is 13.2 Å². The largest absolute Gasteiger partial charge is 0.507 e. The predicted molar refractivity (Wildman–Crippen MR) is 87.5 cm³/mol. The molecular formula is C17H22N2O2. The number of nitrogens with zero attached hydrogens (tertiary/aromatic N) is 1. The SMILES string of the molecule is COc1ccc(C(C)Nc2cccc(N(C)C)c2)c(O)c1. The highest BCUT2D eigenvalue weighted by Crippen LogP contribution is 2.30. The highest BCUT2D eigenvalue weighted by atomic mass is 16.5. The summed E-state index contributed by atoms with van der Waals surface area (Å²) in [6, 6.07) is 13.5. The Morgan fingerprint density at radius 3 is 2.52 bits per heavy atom. The van der Waals surface area contributed by atoms with E-state index >= 15 is 0 Å². The third kappa shape index (κ3) is 3.60. The topological polar surface area (TPSA) is 44.7 Å². The second-order valence-corrected chi connectivity index (χ2v) is 5.24. The molecule has 2 aromatic carbocycles. The minimum absolute atomic E-state index is 0.00619. The van der Waals surface area contributed by atoms with Crippen LogP contribution < -0.4 is 15.0 Å². The molecule has 0 aliphatic rings. The molecule has 0 heterocycles. The molecular weight excluding hydrogens is 264 g/mol. The Hall–Kier alpha value is -2.36. The van der Waals surface area contributed by atoms with E-state index in [1.807, 2.05) is 45.3 Å². The summed E-state index contributed by atoms with van der Waals surface area (Å²) >= 11 is 0. The van der Waals surface area contributed by atoms with Crippen molar-refractivity contribution in [2.75, 3.05) is 31.4 Å². The van der Waals surface area contributed by atoms with Crippen molar-refractivity contribution in [3.05, 3.63) is 48.0 Å². The van der Waals surface area contributed by atoms with Gasteiger partial charge in [0, 0.05) is 37.1 Å². The summed E-state index contributed by atoms with van der Waals surface area (Å²) in [5.74, 6) is 0.885. The van der Waals surface area contributed by atoms with Crippen molar-refractivity contribution in [2.24, 2.45) is 0 Å². The summed E-state index contributed by atoms with van der Waals surface area (Å²) in [6.45, 7) is 2.02. The van der Waals surface area contributed by atoms with Crippen molar-refractivity contribution in [3.8, 4) is 11.5 Å². The molecule has 2 N–H and O–H groups in total. The minimum atomic E-state index is -0.00619. The number of rotatable bonds is 5. The van der Waals surface area contributed by atoms with Crippen LogP contribution in [0.3, 0.4) is 0 Å². The molecule has 4 heteroatoms. The van der Waals surface area contributed by atoms with E-state index in [0.717, 1.165) is 16.9 Å². The fourth-order valence-corrected chi connectivity index (χ4v) is 2.22. The second kappa shape index (κ2) is 6.39. The fourth-order valence-electron chi connectivity index (χ4n) is 2.22. The summed E-state index contributed by atoms with van der Waals surface area (Å²) in [5.41, 5.74) is 2.99. The number of hydrogen-bond acceptors (Lipinski definition) is 4. The van der Waals surface area contributed by atoms with Crippen LogP contribution in [0.1, 0.15) is 18.5 Å². The molecule has 4 nitrogen and oxygen atoms in total. The maximum atomic E-state index is 10.1. The van der Waals surface area contributed by atoms with Gasteiger partial charge in [-0.2, -0.15) is 0 Å². The molecule has 112 valence electrons. The van der Waals surface area contributed by atoms with Gasteiger partial charge in [0.1, 0.15) is 11.5 Å². The average Bonchev–Trinajstić information content (AvgIpc) is 2.47. The third-order valence-electron chi connectivity index (χ3n) is 3.45. The minimum Gasteiger partial charge on any atom is -0.507 e. The number of benzene rings is 2. The molecule has 21 heavy (non-hydrogen) atoms. The molecule has 2 rings (SSSR count). The number of anilines is 2. The molecule has 0 aromatic heterocycles. The average molecular weight is 286 g/mol. The third-order valence-corrected chi connectivity index (χ3v) is 3.45. The van der Waals surface area contributed by atoms with E-state index in [-0.39, 0.29) is 11.8 Å². The molecule has 0 aliphatic carbocycles. The van der Waals surface area contributed by atoms with Gasteiger partial charge in [0.25, 0.3) is 0 Å². The van der Waals surface area contributed by atoms with Crippen LogP contribution in [-0.2, 0) is 0 Å². The summed E-state index contributed by atoms with van der Waals surface area (Å²) in [6.07, 6.45) is 0. The lowest BCUT2D eigenvalue weighted by molar-refractivity contribution is 0.406. The number of methoxy groups -OCH3 is 1. The van der Waals surface area contributed by atoms with Gasteiger partial charge in [-0.15, -0.1) is 0 Å². The number of ether oxygens (including phenoxy) is 1. The van der Waals surface area contributed by atoms with E-state index in [4.69, 9.17) is 4.74 Å². The van der Waals surface area contributed by atoms with Crippen molar-refractivity contribution in [1.29, 1.82) is 0 Å². The highest BCUT2D eigenvalue weighted by molar-refractivity contribution is 5.58. The lowest BCUT2D eigenvalue weighted by Crippen LogP contribution is -2.10. The molecule has 0 fully saturated rings. The lowest BCUT2D eigenvalue weighted by atomic mass is 10.1. The van der Waals surface area contributed by atoms with Crippen LogP contribution in [0.4, 0.5) is 11.4 Å². The summed E-state index contributed by atoms with van der Waals surface area (Å²) in [5, 5.41) is 13.5. The zero-order chi connectivity index (χ0) is 15.4. The first-order chi connectivity index (χ1) is 10.0. The Balaban J connectivity index is 2.17. The maximum Gasteiger partial charge on any atom is 0.124 e. The van der Waals surface area contributed by atoms with Gasteiger partial charge in [-0.25, -0.2) is 0 Å². The molecule has 0 bridgehead atoms. The van der Waals surface area contributed by atoms with Gasteiger partial charge in [0.15, 0.2) is 0 Å². The second-order valence-electron chi connectivity index (χ2n) is 5.24. The molecule has 0 aliphatic heterocycles. The van der Waals surface area contributed by atoms with Gasteiger partial charge in [0.05, 0.1) is 13.2 Å². The summed E-state index contributed by atoms with van der Waals surface area (Å²) < 4.78 is 5.10. The Morgan fingerprint density at radius 1 is 1.14 bits per heavy atom. The van der Waals surface area contributed by atoms with Gasteiger partial charge in [0.2, 0.25) is 0 Å². The lowest BCUT2D eigenvalue weighted by Gasteiger charge is -2.19. The molecule has 0 amide bonds. The van der Waals surface area contributed by atoms with E-state index < -0.39 is 0 Å². The number of phenolic OH excluding ortho intramolecular Hbond substituents is 1. The van der Waals surface area contributed by atoms with Crippen LogP contribution in [-0.4, -0.2) is 26.3 Å². The van der Waals surface area contributed by atoms with Crippen LogP contribution >= 0.6 is 0 Å². The molecule has 2 aromatic rings. The highest BCUT2D eigenvalue weighted by Gasteiger charge is 2.11. The van der Waals surface area contributed by atoms with E-state index in [2.05, 4.69) is 22.3 Å². The normalized spacial score (nSPS) is 11.8. The van der Waals surface area contributed by atoms with Crippen LogP contribution in [0.15, 0.2) is 42.5 Å². The monoisotopic (exact) mass is 286 g/mol. The van der Waals surface area contributed by atoms with Crippen LogP contribution in [0.2, 0.25) is 0 Å². The van der Waals surface area contributed by atoms with Crippen LogP contribution in [0, 0.1) is 0 Å². The van der Waals surface area contributed by atoms with E-state index in [1.165, 1.54) is 0 Å². The van der Waals surface area contributed by atoms with Crippen molar-refractivity contribution in [3.63, 3.8) is 0 Å². The molecule has 0 spiro atoms. The molecule has 0 saturated heterocycles. The molecule has 1 atom stereocenters. The first-order valence-electron chi connectivity index (χ1n) is 6.92. The number of nitrogens with one attached hydrogen (secondary N) is 1. The number of aromatic hydroxyl groups is 1. The Kier molecular flexibility index (Phi) is 4.58. The molecule has 1 unspecified atom stereocenters. The Bertz CT molecular complexity index is 611. The number of hydrogen-bond donors (Lipinski definition) is 2. The molecule has 0 radical (unpaired) electrons. The van der Waals surface area contributed by atoms with Gasteiger partial charge in [-0.05, 0) is 37.3 Å². The first kappa shape index (κ1) is 15.0. The summed E-state index contributed by atoms with van der Waals surface area (Å²) in [4.78, 5) is 2.06. The fraction of sp³-hybridized carbons (Fsp3) is 0.294. The maximum absolute atomic E-state index is 10.1. The Labute approximate surface area is 126 Å². The number of phenols is 1. The Morgan fingerprint density at radius 2 is 1.90 bits per heavy atom. The zero-order valence-corrected chi connectivity index (χ0v) is 12.9. The van der Waals surface area contributed by atoms with Crippen molar-refractivity contribution in [1.82, 2.24) is 0 Å². The summed E-state index contributed by atoms with van der Waals surface area (Å²) in [7, 11) is 5.61. The van der Waals surface area contributed by atoms with Gasteiger partial charge in [-0.3, -0.25) is 0 Å². The van der Waals surface area contributed by atoms with Gasteiger partial charge in [-0.1, -0.05) is 6.07 Å². The van der Waals surface area contributed by atoms with E-state index in [0.29, 0.717) is 5.75 Å². The van der Waals surface area contributed by atoms with Crippen molar-refractivity contribution in [2.45, 2.75) is 13.0 Å². The quantitative estimate of drug-likeness (QED) is 0.881. The van der Waals surface area contributed by atoms with Crippen molar-refractivity contribution >= 4 is 11.4 Å². The van der Waals surface area contributed by atoms with E-state index in [9.17, 15) is 5.11 Å². The van der Waals surface area contributed by atoms with Gasteiger partial charge < -0.3 is 20.1 Å². The van der Waals surface area contributed by atoms with Crippen molar-refractivity contribution < 1.29 is 9.84 Å². The van der Waals surface area contributed by atoms with Crippen LogP contribution in [0.25, 0.3) is 0 Å². The van der Waals surface area contributed by atoms with Gasteiger partial charge >= 0.3 is 0 Å². The smallest absolute Gasteiger partial charge is 0.124 e. The zero-order valence-electron chi connectivity index (χ0n) is 12.9. The van der Waals surface area contributed by atoms with Crippen LogP contribution in [0.5, 0.6) is 11.5 Å². The predicted octanol–water partition coefficient (Wildman–Crippen LogP) is 3.64. The standard InChI is InChI=1S/C17H22N2O2/c1-12(16-9-8-15(21-4)11-17(16)20)18-13-6-5-7-14(10-13)19(2)3/h5-12,18,20H,1-4H3. The first-order valence-corrected chi connectivity index (χ1v) is 6.92.